The van der Waals surface area contributed by atoms with Crippen LogP contribution in [-0.2, 0) is 16.0 Å². The van der Waals surface area contributed by atoms with Crippen LogP contribution in [-0.4, -0.2) is 35.5 Å². The number of carbonyl (C=O) groups is 3. The van der Waals surface area contributed by atoms with E-state index in [0.29, 0.717) is 17.7 Å². The summed E-state index contributed by atoms with van der Waals surface area (Å²) >= 11 is 1.31. The summed E-state index contributed by atoms with van der Waals surface area (Å²) in [6.45, 7) is 0.255. The van der Waals surface area contributed by atoms with E-state index in [-0.39, 0.29) is 24.8 Å². The Labute approximate surface area is 149 Å². The molecule has 0 bridgehead atoms. The summed E-state index contributed by atoms with van der Waals surface area (Å²) in [4.78, 5) is 35.8. The number of carboxylic acid groups (broad SMARTS) is 1. The first-order valence-electron chi connectivity index (χ1n) is 7.94. The number of carboxylic acids is 1. The van der Waals surface area contributed by atoms with Crippen LogP contribution < -0.4 is 10.6 Å². The molecule has 132 valence electrons. The van der Waals surface area contributed by atoms with E-state index in [0.717, 1.165) is 5.56 Å². The molecule has 1 heterocycles. The van der Waals surface area contributed by atoms with Gasteiger partial charge in [0.1, 0.15) is 6.04 Å². The fourth-order valence-corrected chi connectivity index (χ4v) is 2.90. The molecule has 2 amide bonds. The van der Waals surface area contributed by atoms with Crippen LogP contribution in [0, 0.1) is 0 Å². The Bertz CT molecular complexity index is 701. The molecule has 1 aromatic heterocycles. The predicted octanol–water partition coefficient (Wildman–Crippen LogP) is 2.07. The molecule has 0 spiro atoms. The number of amides is 2. The van der Waals surface area contributed by atoms with E-state index in [1.165, 1.54) is 11.3 Å². The molecular weight excluding hydrogens is 340 g/mol. The van der Waals surface area contributed by atoms with Gasteiger partial charge in [-0.3, -0.25) is 14.4 Å². The molecule has 7 heteroatoms. The van der Waals surface area contributed by atoms with E-state index in [1.54, 1.807) is 17.5 Å². The van der Waals surface area contributed by atoms with Crippen molar-refractivity contribution in [3.63, 3.8) is 0 Å². The Kier molecular flexibility index (Phi) is 7.16. The quantitative estimate of drug-likeness (QED) is 0.597. The molecule has 25 heavy (non-hydrogen) atoms. The molecule has 3 N–H and O–H groups in total. The molecule has 1 aromatic carbocycles. The molecule has 0 aliphatic rings. The molecule has 0 fully saturated rings. The zero-order chi connectivity index (χ0) is 18.1. The molecule has 0 saturated carbocycles. The molecule has 0 aliphatic heterocycles. The Morgan fingerprint density at radius 1 is 1.08 bits per heavy atom. The number of benzene rings is 1. The lowest BCUT2D eigenvalue weighted by Gasteiger charge is -2.18. The third-order valence-electron chi connectivity index (χ3n) is 3.52. The van der Waals surface area contributed by atoms with Crippen molar-refractivity contribution >= 4 is 29.1 Å². The topological polar surface area (TPSA) is 95.5 Å². The summed E-state index contributed by atoms with van der Waals surface area (Å²) in [5, 5.41) is 15.9. The van der Waals surface area contributed by atoms with Crippen LogP contribution in [0.25, 0.3) is 0 Å². The third-order valence-corrected chi connectivity index (χ3v) is 4.38. The first kappa shape index (κ1) is 18.7. The summed E-state index contributed by atoms with van der Waals surface area (Å²) < 4.78 is 0. The van der Waals surface area contributed by atoms with Crippen LogP contribution in [0.1, 0.15) is 28.1 Å². The molecule has 6 nitrogen and oxygen atoms in total. The molecule has 1 atom stereocenters. The van der Waals surface area contributed by atoms with Gasteiger partial charge in [0.2, 0.25) is 5.91 Å². The van der Waals surface area contributed by atoms with Crippen molar-refractivity contribution in [1.82, 2.24) is 10.6 Å². The smallest absolute Gasteiger partial charge is 0.303 e. The fourth-order valence-electron chi connectivity index (χ4n) is 2.27. The van der Waals surface area contributed by atoms with E-state index >= 15 is 0 Å². The van der Waals surface area contributed by atoms with Crippen molar-refractivity contribution in [3.05, 3.63) is 58.3 Å². The lowest BCUT2D eigenvalue weighted by atomic mass is 10.0. The van der Waals surface area contributed by atoms with Gasteiger partial charge in [-0.25, -0.2) is 0 Å². The minimum Gasteiger partial charge on any atom is -0.481 e. The third kappa shape index (κ3) is 6.39. The Balaban J connectivity index is 1.99. The monoisotopic (exact) mass is 360 g/mol. The second kappa shape index (κ2) is 9.58. The lowest BCUT2D eigenvalue weighted by molar-refractivity contribution is -0.137. The van der Waals surface area contributed by atoms with Crippen molar-refractivity contribution < 1.29 is 19.5 Å². The minimum atomic E-state index is -0.902. The first-order valence-corrected chi connectivity index (χ1v) is 8.82. The fraction of sp³-hybridized carbons (Fsp3) is 0.278. The first-order chi connectivity index (χ1) is 12.1. The predicted molar refractivity (Wildman–Crippen MR) is 95.6 cm³/mol. The van der Waals surface area contributed by atoms with Gasteiger partial charge in [-0.05, 0) is 23.4 Å². The molecule has 2 rings (SSSR count). The maximum atomic E-state index is 12.4. The van der Waals surface area contributed by atoms with Crippen LogP contribution >= 0.6 is 11.3 Å². The van der Waals surface area contributed by atoms with E-state index in [1.807, 2.05) is 30.3 Å². The van der Waals surface area contributed by atoms with E-state index in [9.17, 15) is 14.4 Å². The number of carbonyl (C=O) groups excluding carboxylic acids is 2. The number of hydrogen-bond acceptors (Lipinski definition) is 4. The van der Waals surface area contributed by atoms with Gasteiger partial charge >= 0.3 is 5.97 Å². The SMILES string of the molecule is O=C(O)CCCNC(=O)C(Cc1ccccc1)NC(=O)c1cccs1. The van der Waals surface area contributed by atoms with Crippen LogP contribution in [0.5, 0.6) is 0 Å². The molecule has 1 unspecified atom stereocenters. The van der Waals surface area contributed by atoms with Crippen molar-refractivity contribution in [2.45, 2.75) is 25.3 Å². The summed E-state index contributed by atoms with van der Waals surface area (Å²) in [7, 11) is 0. The average Bonchev–Trinajstić information content (AvgIpc) is 3.13. The van der Waals surface area contributed by atoms with Gasteiger partial charge in [0, 0.05) is 19.4 Å². The maximum Gasteiger partial charge on any atom is 0.303 e. The Morgan fingerprint density at radius 3 is 2.48 bits per heavy atom. The molecular formula is C18H20N2O4S. The molecule has 0 saturated heterocycles. The largest absolute Gasteiger partial charge is 0.481 e. The van der Waals surface area contributed by atoms with E-state index < -0.39 is 12.0 Å². The van der Waals surface area contributed by atoms with Gasteiger partial charge in [0.15, 0.2) is 0 Å². The summed E-state index contributed by atoms with van der Waals surface area (Å²) in [5.41, 5.74) is 0.930. The van der Waals surface area contributed by atoms with Crippen molar-refractivity contribution in [2.24, 2.45) is 0 Å². The van der Waals surface area contributed by atoms with E-state index in [2.05, 4.69) is 10.6 Å². The average molecular weight is 360 g/mol. The van der Waals surface area contributed by atoms with Gasteiger partial charge in [0.05, 0.1) is 4.88 Å². The lowest BCUT2D eigenvalue weighted by Crippen LogP contribution is -2.48. The van der Waals surface area contributed by atoms with Crippen molar-refractivity contribution in [2.75, 3.05) is 6.54 Å². The number of aliphatic carboxylic acids is 1. The summed E-state index contributed by atoms with van der Waals surface area (Å²) in [5.74, 6) is -1.52. The van der Waals surface area contributed by atoms with Crippen LogP contribution in [0.4, 0.5) is 0 Å². The minimum absolute atomic E-state index is 0.00874. The summed E-state index contributed by atoms with van der Waals surface area (Å²) in [6.07, 6.45) is 0.700. The van der Waals surface area contributed by atoms with Gasteiger partial charge in [-0.1, -0.05) is 36.4 Å². The van der Waals surface area contributed by atoms with Gasteiger partial charge in [0.25, 0.3) is 5.91 Å². The van der Waals surface area contributed by atoms with Crippen LogP contribution in [0.2, 0.25) is 0 Å². The zero-order valence-corrected chi connectivity index (χ0v) is 14.4. The zero-order valence-electron chi connectivity index (χ0n) is 13.6. The number of rotatable bonds is 9. The molecule has 0 aliphatic carbocycles. The highest BCUT2D eigenvalue weighted by atomic mass is 32.1. The highest BCUT2D eigenvalue weighted by Crippen LogP contribution is 2.10. The number of thiophene rings is 1. The Morgan fingerprint density at radius 2 is 1.84 bits per heavy atom. The highest BCUT2D eigenvalue weighted by Gasteiger charge is 2.22. The van der Waals surface area contributed by atoms with Crippen LogP contribution in [0.15, 0.2) is 47.8 Å². The van der Waals surface area contributed by atoms with Gasteiger partial charge in [-0.2, -0.15) is 0 Å². The second-order valence-electron chi connectivity index (χ2n) is 5.48. The molecule has 2 aromatic rings. The van der Waals surface area contributed by atoms with Crippen molar-refractivity contribution in [1.29, 1.82) is 0 Å². The molecule has 0 radical (unpaired) electrons. The number of hydrogen-bond donors (Lipinski definition) is 3. The second-order valence-corrected chi connectivity index (χ2v) is 6.43. The van der Waals surface area contributed by atoms with Crippen molar-refractivity contribution in [3.8, 4) is 0 Å². The van der Waals surface area contributed by atoms with E-state index in [4.69, 9.17) is 5.11 Å². The van der Waals surface area contributed by atoms with Crippen LogP contribution in [0.3, 0.4) is 0 Å². The van der Waals surface area contributed by atoms with Gasteiger partial charge < -0.3 is 15.7 Å². The maximum absolute atomic E-state index is 12.4. The Hall–Kier alpha value is -2.67. The number of nitrogens with one attached hydrogen (secondary N) is 2. The van der Waals surface area contributed by atoms with Gasteiger partial charge in [-0.15, -0.1) is 11.3 Å². The standard InChI is InChI=1S/C18H20N2O4S/c21-16(22)9-4-10-19-17(23)14(12-13-6-2-1-3-7-13)20-18(24)15-8-5-11-25-15/h1-3,5-8,11,14H,4,9-10,12H2,(H,19,23)(H,20,24)(H,21,22). The normalized spacial score (nSPS) is 11.5. The highest BCUT2D eigenvalue weighted by molar-refractivity contribution is 7.12. The summed E-state index contributed by atoms with van der Waals surface area (Å²) in [6, 6.07) is 12.2.